The van der Waals surface area contributed by atoms with Crippen LogP contribution in [0.5, 0.6) is 5.75 Å². The molecule has 1 aliphatic heterocycles. The first-order valence-electron chi connectivity index (χ1n) is 9.50. The van der Waals surface area contributed by atoms with Crippen molar-refractivity contribution in [2.75, 3.05) is 5.32 Å². The maximum absolute atomic E-state index is 12.9. The Bertz CT molecular complexity index is 1220. The van der Waals surface area contributed by atoms with Gasteiger partial charge in [0.05, 0.1) is 5.69 Å². The Hall–Kier alpha value is -3.64. The molecule has 1 unspecified atom stereocenters. The van der Waals surface area contributed by atoms with Crippen molar-refractivity contribution in [3.63, 3.8) is 0 Å². The number of nitrogens with one attached hydrogen (secondary N) is 2. The fourth-order valence-corrected chi connectivity index (χ4v) is 3.67. The second-order valence-electron chi connectivity index (χ2n) is 6.97. The number of anilines is 1. The Morgan fingerprint density at radius 3 is 2.73 bits per heavy atom. The zero-order valence-corrected chi connectivity index (χ0v) is 16.6. The predicted octanol–water partition coefficient (Wildman–Crippen LogP) is 4.73. The van der Waals surface area contributed by atoms with Gasteiger partial charge in [0.25, 0.3) is 5.91 Å². The highest BCUT2D eigenvalue weighted by molar-refractivity contribution is 6.30. The summed E-state index contributed by atoms with van der Waals surface area (Å²) in [7, 11) is 0. The molecule has 30 heavy (non-hydrogen) atoms. The topological polar surface area (TPSA) is 79.9 Å². The number of para-hydroxylation sites is 1. The van der Waals surface area contributed by atoms with Crippen LogP contribution < -0.4 is 10.1 Å². The number of ether oxygens (including phenoxy) is 1. The highest BCUT2D eigenvalue weighted by Crippen LogP contribution is 2.32. The van der Waals surface area contributed by atoms with Crippen molar-refractivity contribution >= 4 is 23.2 Å². The second kappa shape index (κ2) is 7.65. The van der Waals surface area contributed by atoms with Gasteiger partial charge in [-0.25, -0.2) is 4.98 Å². The molecule has 0 spiro atoms. The molecule has 148 valence electrons. The summed E-state index contributed by atoms with van der Waals surface area (Å²) in [5, 5.41) is 10.9. The minimum Gasteiger partial charge on any atom is -0.480 e. The Balaban J connectivity index is 1.37. The lowest BCUT2D eigenvalue weighted by Crippen LogP contribution is -2.31. The zero-order valence-electron chi connectivity index (χ0n) is 15.8. The van der Waals surface area contributed by atoms with Crippen LogP contribution in [0.25, 0.3) is 22.8 Å². The molecule has 0 fully saturated rings. The first-order valence-corrected chi connectivity index (χ1v) is 9.88. The van der Waals surface area contributed by atoms with E-state index in [0.717, 1.165) is 16.7 Å². The summed E-state index contributed by atoms with van der Waals surface area (Å²) in [5.74, 6) is 1.64. The summed E-state index contributed by atoms with van der Waals surface area (Å²) in [6, 6.07) is 22.5. The van der Waals surface area contributed by atoms with E-state index in [9.17, 15) is 4.79 Å². The van der Waals surface area contributed by atoms with Gasteiger partial charge in [0.15, 0.2) is 17.8 Å². The average molecular weight is 417 g/mol. The van der Waals surface area contributed by atoms with Crippen LogP contribution in [0.15, 0.2) is 72.8 Å². The minimum absolute atomic E-state index is 0.224. The van der Waals surface area contributed by atoms with Gasteiger partial charge >= 0.3 is 0 Å². The summed E-state index contributed by atoms with van der Waals surface area (Å²) >= 11 is 6.04. The number of nitrogens with zero attached hydrogens (tertiary/aromatic N) is 2. The number of hydrogen-bond acceptors (Lipinski definition) is 4. The Morgan fingerprint density at radius 2 is 1.87 bits per heavy atom. The van der Waals surface area contributed by atoms with Crippen molar-refractivity contribution < 1.29 is 9.53 Å². The molecule has 1 aromatic heterocycles. The van der Waals surface area contributed by atoms with Crippen molar-refractivity contribution in [2.24, 2.45) is 0 Å². The number of carbonyl (C=O) groups excluding carboxylic acids is 1. The van der Waals surface area contributed by atoms with Crippen LogP contribution >= 0.6 is 11.6 Å². The van der Waals surface area contributed by atoms with Gasteiger partial charge in [0, 0.05) is 22.6 Å². The van der Waals surface area contributed by atoms with Gasteiger partial charge in [-0.1, -0.05) is 54.1 Å². The number of aromatic nitrogens is 3. The molecule has 0 bridgehead atoms. The van der Waals surface area contributed by atoms with Gasteiger partial charge in [0.2, 0.25) is 0 Å². The molecule has 2 heterocycles. The number of hydrogen-bond donors (Lipinski definition) is 2. The summed E-state index contributed by atoms with van der Waals surface area (Å²) in [5.41, 5.74) is 3.23. The van der Waals surface area contributed by atoms with E-state index in [1.165, 1.54) is 0 Å². The smallest absolute Gasteiger partial charge is 0.265 e. The molecule has 0 aliphatic carbocycles. The van der Waals surface area contributed by atoms with Gasteiger partial charge in [-0.2, -0.15) is 5.10 Å². The van der Waals surface area contributed by atoms with Crippen LogP contribution in [0.1, 0.15) is 5.56 Å². The number of halogens is 1. The highest BCUT2D eigenvalue weighted by Gasteiger charge is 2.29. The molecule has 0 saturated carbocycles. The second-order valence-corrected chi connectivity index (χ2v) is 7.41. The molecular formula is C23H17ClN4O2. The molecular weight excluding hydrogens is 400 g/mol. The third-order valence-electron chi connectivity index (χ3n) is 4.95. The Morgan fingerprint density at radius 1 is 1.07 bits per heavy atom. The SMILES string of the molecule is O=C(Nc1ccccc1-c1nc(-c2ccccc2)n[nH]1)C1Cc2cc(Cl)ccc2O1. The lowest BCUT2D eigenvalue weighted by Gasteiger charge is -2.13. The van der Waals surface area contributed by atoms with Gasteiger partial charge in [-0.3, -0.25) is 9.89 Å². The summed E-state index contributed by atoms with van der Waals surface area (Å²) in [4.78, 5) is 17.5. The summed E-state index contributed by atoms with van der Waals surface area (Å²) in [6.07, 6.45) is -0.134. The fraction of sp³-hybridized carbons (Fsp3) is 0.0870. The van der Waals surface area contributed by atoms with Gasteiger partial charge in [-0.05, 0) is 35.9 Å². The predicted molar refractivity (Wildman–Crippen MR) is 115 cm³/mol. The number of aromatic amines is 1. The zero-order chi connectivity index (χ0) is 20.5. The van der Waals surface area contributed by atoms with E-state index in [-0.39, 0.29) is 5.91 Å². The number of benzene rings is 3. The first-order chi connectivity index (χ1) is 14.7. The van der Waals surface area contributed by atoms with Crippen molar-refractivity contribution in [1.29, 1.82) is 0 Å². The maximum Gasteiger partial charge on any atom is 0.265 e. The highest BCUT2D eigenvalue weighted by atomic mass is 35.5. The van der Waals surface area contributed by atoms with Crippen LogP contribution in [-0.2, 0) is 11.2 Å². The number of H-pyrrole nitrogens is 1. The third kappa shape index (κ3) is 3.53. The van der Waals surface area contributed by atoms with E-state index in [2.05, 4.69) is 20.5 Å². The van der Waals surface area contributed by atoms with E-state index in [1.54, 1.807) is 12.1 Å². The molecule has 7 heteroatoms. The number of amides is 1. The Labute approximate surface area is 177 Å². The number of rotatable bonds is 4. The average Bonchev–Trinajstić information content (AvgIpc) is 3.42. The monoisotopic (exact) mass is 416 g/mol. The van der Waals surface area contributed by atoms with E-state index < -0.39 is 6.10 Å². The first kappa shape index (κ1) is 18.4. The van der Waals surface area contributed by atoms with E-state index in [0.29, 0.717) is 34.5 Å². The molecule has 0 saturated heterocycles. The van der Waals surface area contributed by atoms with Crippen molar-refractivity contribution in [1.82, 2.24) is 15.2 Å². The van der Waals surface area contributed by atoms with E-state index in [4.69, 9.17) is 16.3 Å². The molecule has 1 aliphatic rings. The van der Waals surface area contributed by atoms with E-state index in [1.807, 2.05) is 60.7 Å². The van der Waals surface area contributed by atoms with Gasteiger partial charge < -0.3 is 10.1 Å². The van der Waals surface area contributed by atoms with Gasteiger partial charge in [-0.15, -0.1) is 0 Å². The van der Waals surface area contributed by atoms with Gasteiger partial charge in [0.1, 0.15) is 5.75 Å². The van der Waals surface area contributed by atoms with Crippen molar-refractivity contribution in [2.45, 2.75) is 12.5 Å². The summed E-state index contributed by atoms with van der Waals surface area (Å²) in [6.45, 7) is 0. The molecule has 2 N–H and O–H groups in total. The fourth-order valence-electron chi connectivity index (χ4n) is 3.47. The molecule has 3 aromatic carbocycles. The van der Waals surface area contributed by atoms with Crippen LogP contribution in [0.4, 0.5) is 5.69 Å². The van der Waals surface area contributed by atoms with Crippen molar-refractivity contribution in [3.8, 4) is 28.5 Å². The third-order valence-corrected chi connectivity index (χ3v) is 5.18. The van der Waals surface area contributed by atoms with E-state index >= 15 is 0 Å². The van der Waals surface area contributed by atoms with Crippen molar-refractivity contribution in [3.05, 3.63) is 83.4 Å². The molecule has 1 amide bonds. The standard InChI is InChI=1S/C23H17ClN4O2/c24-16-10-11-19-15(12-16)13-20(30-19)23(29)25-18-9-5-4-8-17(18)22-26-21(27-28-22)14-6-2-1-3-7-14/h1-12,20H,13H2,(H,25,29)(H,26,27,28). The number of carbonyl (C=O) groups is 1. The molecule has 4 aromatic rings. The Kier molecular flexibility index (Phi) is 4.69. The minimum atomic E-state index is -0.610. The van der Waals surface area contributed by atoms with Crippen LogP contribution in [0.2, 0.25) is 5.02 Å². The largest absolute Gasteiger partial charge is 0.480 e. The quantitative estimate of drug-likeness (QED) is 0.503. The normalized spacial score (nSPS) is 14.8. The molecule has 0 radical (unpaired) electrons. The molecule has 6 nitrogen and oxygen atoms in total. The molecule has 5 rings (SSSR count). The lowest BCUT2D eigenvalue weighted by molar-refractivity contribution is -0.122. The summed E-state index contributed by atoms with van der Waals surface area (Å²) < 4.78 is 5.80. The maximum atomic E-state index is 12.9. The number of fused-ring (bicyclic) bond motifs is 1. The van der Waals surface area contributed by atoms with Crippen LogP contribution in [-0.4, -0.2) is 27.2 Å². The van der Waals surface area contributed by atoms with Crippen LogP contribution in [0.3, 0.4) is 0 Å². The lowest BCUT2D eigenvalue weighted by atomic mass is 10.1. The molecule has 1 atom stereocenters. The van der Waals surface area contributed by atoms with Crippen LogP contribution in [0, 0.1) is 0 Å².